The summed E-state index contributed by atoms with van der Waals surface area (Å²) in [6.45, 7) is 7.78. The molecule has 0 unspecified atom stereocenters. The Balaban J connectivity index is 2.38. The summed E-state index contributed by atoms with van der Waals surface area (Å²) in [5.41, 5.74) is 5.85. The molecule has 96 valence electrons. The fourth-order valence-corrected chi connectivity index (χ4v) is 2.06. The Morgan fingerprint density at radius 1 is 1.25 bits per heavy atom. The molecule has 0 aromatic carbocycles. The minimum Gasteiger partial charge on any atom is -0.350 e. The van der Waals surface area contributed by atoms with Crippen molar-refractivity contribution in [2.75, 3.05) is 13.2 Å². The molecule has 0 spiro atoms. The van der Waals surface area contributed by atoms with Gasteiger partial charge in [0.2, 0.25) is 0 Å². The number of rotatable bonds is 6. The van der Waals surface area contributed by atoms with E-state index in [2.05, 4.69) is 20.8 Å². The van der Waals surface area contributed by atoms with E-state index in [1.54, 1.807) is 0 Å². The van der Waals surface area contributed by atoms with E-state index >= 15 is 0 Å². The van der Waals surface area contributed by atoms with Gasteiger partial charge in [-0.15, -0.1) is 0 Å². The van der Waals surface area contributed by atoms with E-state index in [4.69, 9.17) is 15.2 Å². The van der Waals surface area contributed by atoms with Crippen LogP contribution in [0.25, 0.3) is 0 Å². The van der Waals surface area contributed by atoms with Crippen molar-refractivity contribution in [1.82, 2.24) is 0 Å². The smallest absolute Gasteiger partial charge is 0.160 e. The molecule has 16 heavy (non-hydrogen) atoms. The van der Waals surface area contributed by atoms with Crippen LogP contribution in [0.2, 0.25) is 0 Å². The third kappa shape index (κ3) is 3.72. The van der Waals surface area contributed by atoms with Crippen molar-refractivity contribution in [2.45, 2.75) is 64.7 Å². The van der Waals surface area contributed by atoms with Crippen molar-refractivity contribution in [2.24, 2.45) is 11.7 Å². The van der Waals surface area contributed by atoms with Crippen molar-refractivity contribution >= 4 is 0 Å². The van der Waals surface area contributed by atoms with E-state index in [0.29, 0.717) is 19.1 Å². The lowest BCUT2D eigenvalue weighted by molar-refractivity contribution is -0.231. The monoisotopic (exact) mass is 229 g/mol. The highest BCUT2D eigenvalue weighted by Gasteiger charge is 2.34. The first-order chi connectivity index (χ1) is 7.65. The number of unbranched alkanes of at least 4 members (excludes halogenated alkanes) is 1. The summed E-state index contributed by atoms with van der Waals surface area (Å²) in [6.07, 6.45) is 5.68. The lowest BCUT2D eigenvalue weighted by Crippen LogP contribution is -2.55. The molecule has 3 heteroatoms. The highest BCUT2D eigenvalue weighted by atomic mass is 16.7. The summed E-state index contributed by atoms with van der Waals surface area (Å²) < 4.78 is 11.6. The van der Waals surface area contributed by atoms with Crippen LogP contribution >= 0.6 is 0 Å². The van der Waals surface area contributed by atoms with E-state index in [-0.39, 0.29) is 11.8 Å². The number of nitrogens with two attached hydrogens (primary N) is 1. The van der Waals surface area contributed by atoms with Gasteiger partial charge >= 0.3 is 0 Å². The highest BCUT2D eigenvalue weighted by Crippen LogP contribution is 2.26. The maximum atomic E-state index is 6.11. The van der Waals surface area contributed by atoms with Gasteiger partial charge < -0.3 is 15.2 Å². The molecule has 0 radical (unpaired) electrons. The molecule has 1 aliphatic rings. The van der Waals surface area contributed by atoms with E-state index in [1.807, 2.05) is 0 Å². The maximum Gasteiger partial charge on any atom is 0.160 e. The molecule has 2 N–H and O–H groups in total. The Labute approximate surface area is 99.7 Å². The van der Waals surface area contributed by atoms with Gasteiger partial charge in [-0.05, 0) is 19.3 Å². The molecule has 1 atom stereocenters. The Morgan fingerprint density at radius 3 is 2.31 bits per heavy atom. The van der Waals surface area contributed by atoms with Gasteiger partial charge in [-0.1, -0.05) is 33.6 Å². The summed E-state index contributed by atoms with van der Waals surface area (Å²) in [7, 11) is 0. The zero-order valence-corrected chi connectivity index (χ0v) is 11.0. The average Bonchev–Trinajstić information content (AvgIpc) is 2.32. The average molecular weight is 229 g/mol. The molecule has 1 aliphatic heterocycles. The summed E-state index contributed by atoms with van der Waals surface area (Å²) >= 11 is 0. The van der Waals surface area contributed by atoms with E-state index < -0.39 is 0 Å². The van der Waals surface area contributed by atoms with Crippen molar-refractivity contribution in [1.29, 1.82) is 0 Å². The van der Waals surface area contributed by atoms with Gasteiger partial charge in [0, 0.05) is 5.92 Å². The fraction of sp³-hybridized carbons (Fsp3) is 1.00. The van der Waals surface area contributed by atoms with Crippen LogP contribution in [0.1, 0.15) is 52.9 Å². The SMILES string of the molecule is CCCC[C@H](CC)C1OCC(N)(CC)CO1. The predicted octanol–water partition coefficient (Wildman–Crippen LogP) is 2.68. The first-order valence-corrected chi connectivity index (χ1v) is 6.67. The molecular formula is C13H27NO2. The number of hydrogen-bond acceptors (Lipinski definition) is 3. The molecule has 0 amide bonds. The number of ether oxygens (including phenoxy) is 2. The largest absolute Gasteiger partial charge is 0.350 e. The van der Waals surface area contributed by atoms with Gasteiger partial charge in [-0.3, -0.25) is 0 Å². The quantitative estimate of drug-likeness (QED) is 0.761. The molecule has 0 aromatic heterocycles. The minimum atomic E-state index is -0.264. The normalized spacial score (nSPS) is 32.6. The molecule has 3 nitrogen and oxygen atoms in total. The predicted molar refractivity (Wildman–Crippen MR) is 66.2 cm³/mol. The second-order valence-electron chi connectivity index (χ2n) is 5.02. The first-order valence-electron chi connectivity index (χ1n) is 6.67. The maximum absolute atomic E-state index is 6.11. The number of hydrogen-bond donors (Lipinski definition) is 1. The van der Waals surface area contributed by atoms with Crippen molar-refractivity contribution in [3.63, 3.8) is 0 Å². The fourth-order valence-electron chi connectivity index (χ4n) is 2.06. The Morgan fingerprint density at radius 2 is 1.88 bits per heavy atom. The lowest BCUT2D eigenvalue weighted by Gasteiger charge is -2.39. The molecule has 0 saturated carbocycles. The molecule has 1 saturated heterocycles. The van der Waals surface area contributed by atoms with Crippen LogP contribution in [0.5, 0.6) is 0 Å². The third-order valence-electron chi connectivity index (χ3n) is 3.61. The van der Waals surface area contributed by atoms with Gasteiger partial charge in [0.05, 0.1) is 18.8 Å². The topological polar surface area (TPSA) is 44.5 Å². The third-order valence-corrected chi connectivity index (χ3v) is 3.61. The van der Waals surface area contributed by atoms with Crippen LogP contribution in [0.15, 0.2) is 0 Å². The van der Waals surface area contributed by atoms with Gasteiger partial charge in [0.15, 0.2) is 6.29 Å². The summed E-state index contributed by atoms with van der Waals surface area (Å²) in [6, 6.07) is 0. The van der Waals surface area contributed by atoms with Gasteiger partial charge in [-0.25, -0.2) is 0 Å². The minimum absolute atomic E-state index is 0.0280. The molecule has 0 bridgehead atoms. The molecular weight excluding hydrogens is 202 g/mol. The zero-order chi connectivity index (χ0) is 12.0. The summed E-state index contributed by atoms with van der Waals surface area (Å²) in [4.78, 5) is 0. The van der Waals surface area contributed by atoms with Gasteiger partial charge in [0.25, 0.3) is 0 Å². The van der Waals surface area contributed by atoms with E-state index in [9.17, 15) is 0 Å². The molecule has 1 rings (SSSR count). The van der Waals surface area contributed by atoms with E-state index in [0.717, 1.165) is 12.8 Å². The highest BCUT2D eigenvalue weighted by molar-refractivity contribution is 4.85. The molecule has 1 heterocycles. The molecule has 0 aromatic rings. The van der Waals surface area contributed by atoms with Gasteiger partial charge in [-0.2, -0.15) is 0 Å². The zero-order valence-electron chi connectivity index (χ0n) is 11.0. The van der Waals surface area contributed by atoms with Crippen LogP contribution in [0.3, 0.4) is 0 Å². The van der Waals surface area contributed by atoms with Crippen LogP contribution < -0.4 is 5.73 Å². The second-order valence-corrected chi connectivity index (χ2v) is 5.02. The van der Waals surface area contributed by atoms with E-state index in [1.165, 1.54) is 19.3 Å². The Kier molecular flexibility index (Phi) is 5.73. The molecule has 0 aliphatic carbocycles. The summed E-state index contributed by atoms with van der Waals surface area (Å²) in [5.74, 6) is 0.529. The first kappa shape index (κ1) is 13.9. The van der Waals surface area contributed by atoms with Crippen molar-refractivity contribution in [3.05, 3.63) is 0 Å². The van der Waals surface area contributed by atoms with Gasteiger partial charge in [0.1, 0.15) is 0 Å². The molecule has 1 fully saturated rings. The standard InChI is InChI=1S/C13H27NO2/c1-4-7-8-11(5-2)12-15-9-13(14,6-3)10-16-12/h11-12H,4-10,14H2,1-3H3/t11-,12?,13?/m0/s1. The Bertz CT molecular complexity index is 188. The second kappa shape index (κ2) is 6.58. The summed E-state index contributed by atoms with van der Waals surface area (Å²) in [5, 5.41) is 0. The van der Waals surface area contributed by atoms with Crippen LogP contribution in [-0.2, 0) is 9.47 Å². The van der Waals surface area contributed by atoms with Crippen LogP contribution in [0, 0.1) is 5.92 Å². The Hall–Kier alpha value is -0.120. The van der Waals surface area contributed by atoms with Crippen LogP contribution in [0.4, 0.5) is 0 Å². The van der Waals surface area contributed by atoms with Crippen LogP contribution in [-0.4, -0.2) is 25.0 Å². The lowest BCUT2D eigenvalue weighted by atomic mass is 9.95. The van der Waals surface area contributed by atoms with Crippen molar-refractivity contribution < 1.29 is 9.47 Å². The van der Waals surface area contributed by atoms with Crippen molar-refractivity contribution in [3.8, 4) is 0 Å².